The standard InChI is InChI=1S/C22H26N2O/c1-16(2)23-15-20(18-11-7-5-8-12-18)22(25)24(17(3)4)21(23)19-13-9-6-10-14-19/h5-17,21H,1-4H3. The van der Waals surface area contributed by atoms with Crippen LogP contribution in [0, 0.1) is 0 Å². The fourth-order valence-corrected chi connectivity index (χ4v) is 3.39. The predicted molar refractivity (Wildman–Crippen MR) is 103 cm³/mol. The lowest BCUT2D eigenvalue weighted by Gasteiger charge is -2.47. The third-order valence-electron chi connectivity index (χ3n) is 4.62. The number of hydrogen-bond acceptors (Lipinski definition) is 2. The van der Waals surface area contributed by atoms with Gasteiger partial charge in [-0.1, -0.05) is 60.7 Å². The Balaban J connectivity index is 2.15. The van der Waals surface area contributed by atoms with Crippen LogP contribution in [0.25, 0.3) is 5.57 Å². The highest BCUT2D eigenvalue weighted by atomic mass is 16.2. The first kappa shape index (κ1) is 17.3. The average molecular weight is 334 g/mol. The van der Waals surface area contributed by atoms with Crippen LogP contribution in [-0.2, 0) is 4.79 Å². The van der Waals surface area contributed by atoms with Gasteiger partial charge in [0.1, 0.15) is 6.17 Å². The zero-order valence-corrected chi connectivity index (χ0v) is 15.4. The first-order valence-electron chi connectivity index (χ1n) is 8.93. The van der Waals surface area contributed by atoms with Gasteiger partial charge in [0, 0.05) is 18.3 Å². The van der Waals surface area contributed by atoms with Crippen LogP contribution in [0.3, 0.4) is 0 Å². The average Bonchev–Trinajstić information content (AvgIpc) is 2.62. The quantitative estimate of drug-likeness (QED) is 0.810. The van der Waals surface area contributed by atoms with Crippen LogP contribution in [0.2, 0.25) is 0 Å². The van der Waals surface area contributed by atoms with E-state index in [1.807, 2.05) is 59.6 Å². The topological polar surface area (TPSA) is 23.6 Å². The fourth-order valence-electron chi connectivity index (χ4n) is 3.39. The van der Waals surface area contributed by atoms with Gasteiger partial charge in [0.25, 0.3) is 5.91 Å². The van der Waals surface area contributed by atoms with Gasteiger partial charge in [0.05, 0.1) is 5.57 Å². The van der Waals surface area contributed by atoms with Crippen LogP contribution < -0.4 is 0 Å². The summed E-state index contributed by atoms with van der Waals surface area (Å²) < 4.78 is 0. The molecule has 0 saturated heterocycles. The van der Waals surface area contributed by atoms with Gasteiger partial charge in [-0.2, -0.15) is 0 Å². The smallest absolute Gasteiger partial charge is 0.258 e. The maximum atomic E-state index is 13.4. The highest BCUT2D eigenvalue weighted by Gasteiger charge is 2.38. The molecule has 1 aliphatic rings. The van der Waals surface area contributed by atoms with E-state index in [1.165, 1.54) is 0 Å². The van der Waals surface area contributed by atoms with E-state index in [2.05, 4.69) is 44.7 Å². The van der Waals surface area contributed by atoms with Crippen molar-refractivity contribution in [3.8, 4) is 0 Å². The van der Waals surface area contributed by atoms with Gasteiger partial charge in [-0.15, -0.1) is 0 Å². The minimum absolute atomic E-state index is 0.0823. The van der Waals surface area contributed by atoms with Crippen molar-refractivity contribution < 1.29 is 4.79 Å². The second kappa shape index (κ2) is 7.14. The molecule has 0 radical (unpaired) electrons. The Kier molecular flexibility index (Phi) is 4.93. The van der Waals surface area contributed by atoms with Crippen molar-refractivity contribution in [3.63, 3.8) is 0 Å². The zero-order valence-electron chi connectivity index (χ0n) is 15.4. The summed E-state index contributed by atoms with van der Waals surface area (Å²) in [5, 5.41) is 0. The molecule has 0 spiro atoms. The lowest BCUT2D eigenvalue weighted by Crippen LogP contribution is -2.51. The van der Waals surface area contributed by atoms with Crippen molar-refractivity contribution in [2.24, 2.45) is 0 Å². The van der Waals surface area contributed by atoms with Crippen LogP contribution in [-0.4, -0.2) is 27.8 Å². The van der Waals surface area contributed by atoms with Crippen molar-refractivity contribution in [1.29, 1.82) is 0 Å². The summed E-state index contributed by atoms with van der Waals surface area (Å²) in [4.78, 5) is 17.6. The van der Waals surface area contributed by atoms with E-state index in [1.54, 1.807) is 0 Å². The van der Waals surface area contributed by atoms with E-state index >= 15 is 0 Å². The van der Waals surface area contributed by atoms with Gasteiger partial charge in [-0.3, -0.25) is 4.79 Å². The van der Waals surface area contributed by atoms with Crippen molar-refractivity contribution >= 4 is 11.5 Å². The van der Waals surface area contributed by atoms with E-state index in [0.29, 0.717) is 0 Å². The van der Waals surface area contributed by atoms with Crippen LogP contribution in [0.5, 0.6) is 0 Å². The SMILES string of the molecule is CC(C)N1C=C(c2ccccc2)C(=O)N(C(C)C)C1c1ccccc1. The Bertz CT molecular complexity index is 750. The van der Waals surface area contributed by atoms with E-state index in [0.717, 1.165) is 16.7 Å². The lowest BCUT2D eigenvalue weighted by atomic mass is 9.98. The molecule has 1 amide bonds. The van der Waals surface area contributed by atoms with Gasteiger partial charge in [-0.05, 0) is 38.8 Å². The Morgan fingerprint density at radius 1 is 0.800 bits per heavy atom. The van der Waals surface area contributed by atoms with E-state index < -0.39 is 0 Å². The molecule has 1 unspecified atom stereocenters. The maximum absolute atomic E-state index is 13.4. The molecule has 25 heavy (non-hydrogen) atoms. The fraction of sp³-hybridized carbons (Fsp3) is 0.318. The molecular weight excluding hydrogens is 308 g/mol. The van der Waals surface area contributed by atoms with Crippen LogP contribution in [0.15, 0.2) is 66.9 Å². The van der Waals surface area contributed by atoms with Crippen LogP contribution in [0.4, 0.5) is 0 Å². The Hall–Kier alpha value is -2.55. The minimum atomic E-state index is -0.0823. The predicted octanol–water partition coefficient (Wildman–Crippen LogP) is 4.69. The van der Waals surface area contributed by atoms with E-state index in [9.17, 15) is 4.79 Å². The number of rotatable bonds is 4. The van der Waals surface area contributed by atoms with E-state index in [4.69, 9.17) is 0 Å². The molecule has 3 rings (SSSR count). The number of benzene rings is 2. The Labute approximate surface area is 150 Å². The number of nitrogens with zero attached hydrogens (tertiary/aromatic N) is 2. The number of hydrogen-bond donors (Lipinski definition) is 0. The van der Waals surface area contributed by atoms with Gasteiger partial charge in [-0.25, -0.2) is 0 Å². The first-order chi connectivity index (χ1) is 12.0. The molecule has 1 atom stereocenters. The summed E-state index contributed by atoms with van der Waals surface area (Å²) in [6.07, 6.45) is 1.96. The summed E-state index contributed by atoms with van der Waals surface area (Å²) in [7, 11) is 0. The second-order valence-corrected chi connectivity index (χ2v) is 7.04. The minimum Gasteiger partial charge on any atom is -0.350 e. The third-order valence-corrected chi connectivity index (χ3v) is 4.62. The molecule has 2 aromatic rings. The highest BCUT2D eigenvalue weighted by molar-refractivity contribution is 6.20. The molecule has 130 valence electrons. The van der Waals surface area contributed by atoms with Gasteiger partial charge < -0.3 is 9.80 Å². The third kappa shape index (κ3) is 3.32. The van der Waals surface area contributed by atoms with Crippen LogP contribution in [0.1, 0.15) is 45.0 Å². The molecule has 2 aromatic carbocycles. The molecule has 0 aromatic heterocycles. The number of carbonyl (C=O) groups is 1. The second-order valence-electron chi connectivity index (χ2n) is 7.04. The van der Waals surface area contributed by atoms with Crippen molar-refractivity contribution in [2.45, 2.75) is 45.9 Å². The molecule has 0 N–H and O–H groups in total. The van der Waals surface area contributed by atoms with Crippen molar-refractivity contribution in [2.75, 3.05) is 0 Å². The summed E-state index contributed by atoms with van der Waals surface area (Å²) in [6, 6.07) is 20.6. The molecule has 0 saturated carbocycles. The Morgan fingerprint density at radius 3 is 1.88 bits per heavy atom. The largest absolute Gasteiger partial charge is 0.350 e. The maximum Gasteiger partial charge on any atom is 0.258 e. The summed E-state index contributed by atoms with van der Waals surface area (Å²) >= 11 is 0. The summed E-state index contributed by atoms with van der Waals surface area (Å²) in [5.41, 5.74) is 2.87. The molecular formula is C22H26N2O. The van der Waals surface area contributed by atoms with Gasteiger partial charge in [0.2, 0.25) is 0 Å². The molecule has 0 bridgehead atoms. The molecule has 0 aliphatic carbocycles. The van der Waals surface area contributed by atoms with Gasteiger partial charge >= 0.3 is 0 Å². The molecule has 1 heterocycles. The van der Waals surface area contributed by atoms with Crippen molar-refractivity contribution in [1.82, 2.24) is 9.80 Å². The Morgan fingerprint density at radius 2 is 1.36 bits per heavy atom. The molecule has 0 fully saturated rings. The molecule has 3 nitrogen and oxygen atoms in total. The molecule has 1 aliphatic heterocycles. The lowest BCUT2D eigenvalue weighted by molar-refractivity contribution is -0.135. The summed E-state index contributed by atoms with van der Waals surface area (Å²) in [5.74, 6) is 0.0898. The van der Waals surface area contributed by atoms with Crippen LogP contribution >= 0.6 is 0 Å². The highest BCUT2D eigenvalue weighted by Crippen LogP contribution is 2.37. The first-order valence-corrected chi connectivity index (χ1v) is 8.93. The normalized spacial score (nSPS) is 18.1. The zero-order chi connectivity index (χ0) is 18.0. The molecule has 3 heteroatoms. The number of amides is 1. The number of carbonyl (C=O) groups excluding carboxylic acids is 1. The van der Waals surface area contributed by atoms with Gasteiger partial charge in [0.15, 0.2) is 0 Å². The van der Waals surface area contributed by atoms with E-state index in [-0.39, 0.29) is 24.2 Å². The monoisotopic (exact) mass is 334 g/mol. The van der Waals surface area contributed by atoms with Crippen molar-refractivity contribution in [3.05, 3.63) is 78.0 Å². The summed E-state index contributed by atoms with van der Waals surface area (Å²) in [6.45, 7) is 8.51.